The average Bonchev–Trinajstić information content (AvgIpc) is 2.43. The second-order valence-electron chi connectivity index (χ2n) is 3.95. The van der Waals surface area contributed by atoms with Gasteiger partial charge in [0.1, 0.15) is 11.5 Å². The summed E-state index contributed by atoms with van der Waals surface area (Å²) in [7, 11) is 0. The molecule has 0 aliphatic heterocycles. The number of nitrogens with one attached hydrogen (secondary N) is 2. The van der Waals surface area contributed by atoms with Crippen molar-refractivity contribution in [2.75, 3.05) is 10.6 Å². The number of aromatic nitrogens is 1. The Balaban J connectivity index is 2.01. The van der Waals surface area contributed by atoms with Gasteiger partial charge >= 0.3 is 12.0 Å². The molecule has 0 saturated carbocycles. The lowest BCUT2D eigenvalue weighted by Gasteiger charge is -2.08. The molecule has 0 unspecified atom stereocenters. The van der Waals surface area contributed by atoms with Gasteiger partial charge in [-0.25, -0.2) is 19.0 Å². The van der Waals surface area contributed by atoms with Crippen LogP contribution >= 0.6 is 11.6 Å². The molecule has 6 nitrogen and oxygen atoms in total. The maximum absolute atomic E-state index is 13.2. The summed E-state index contributed by atoms with van der Waals surface area (Å²) >= 11 is 5.53. The summed E-state index contributed by atoms with van der Waals surface area (Å²) in [6.07, 6.45) is 1.20. The molecule has 0 saturated heterocycles. The topological polar surface area (TPSA) is 91.3 Å². The smallest absolute Gasteiger partial charge is 0.354 e. The molecule has 2 amide bonds. The van der Waals surface area contributed by atoms with Gasteiger partial charge in [-0.2, -0.15) is 0 Å². The van der Waals surface area contributed by atoms with E-state index in [2.05, 4.69) is 15.6 Å². The zero-order chi connectivity index (χ0) is 15.4. The maximum atomic E-state index is 13.2. The molecule has 1 aromatic heterocycles. The Morgan fingerprint density at radius 1 is 1.14 bits per heavy atom. The number of rotatable bonds is 3. The number of aromatic carboxylic acids is 1. The van der Waals surface area contributed by atoms with Crippen LogP contribution in [-0.4, -0.2) is 22.1 Å². The van der Waals surface area contributed by atoms with Crippen LogP contribution in [0.1, 0.15) is 10.5 Å². The lowest BCUT2D eigenvalue weighted by molar-refractivity contribution is 0.0690. The Hall–Kier alpha value is -2.67. The number of carbonyl (C=O) groups is 2. The van der Waals surface area contributed by atoms with Crippen LogP contribution in [0.2, 0.25) is 5.02 Å². The monoisotopic (exact) mass is 309 g/mol. The van der Waals surface area contributed by atoms with E-state index in [1.54, 1.807) is 0 Å². The Morgan fingerprint density at radius 3 is 2.38 bits per heavy atom. The third-order valence-corrected chi connectivity index (χ3v) is 2.72. The van der Waals surface area contributed by atoms with E-state index in [-0.39, 0.29) is 16.4 Å². The molecule has 0 fully saturated rings. The van der Waals surface area contributed by atoms with E-state index in [0.29, 0.717) is 5.69 Å². The number of amides is 2. The van der Waals surface area contributed by atoms with Gasteiger partial charge in [0.2, 0.25) is 0 Å². The summed E-state index contributed by atoms with van der Waals surface area (Å²) < 4.78 is 13.2. The number of pyridine rings is 1. The Labute approximate surface area is 123 Å². The Morgan fingerprint density at radius 2 is 1.81 bits per heavy atom. The minimum Gasteiger partial charge on any atom is -0.477 e. The minimum atomic E-state index is -1.16. The molecule has 3 N–H and O–H groups in total. The molecule has 108 valence electrons. The van der Waals surface area contributed by atoms with E-state index in [0.717, 1.165) is 6.07 Å². The van der Waals surface area contributed by atoms with Crippen molar-refractivity contribution in [1.29, 1.82) is 0 Å². The van der Waals surface area contributed by atoms with Crippen LogP contribution in [0, 0.1) is 5.82 Å². The van der Waals surface area contributed by atoms with Crippen LogP contribution < -0.4 is 10.6 Å². The summed E-state index contributed by atoms with van der Waals surface area (Å²) in [6.45, 7) is 0. The predicted molar refractivity (Wildman–Crippen MR) is 75.2 cm³/mol. The van der Waals surface area contributed by atoms with Gasteiger partial charge in [-0.05, 0) is 30.3 Å². The number of anilines is 2. The summed E-state index contributed by atoms with van der Waals surface area (Å²) in [5.74, 6) is -1.82. The zero-order valence-corrected chi connectivity index (χ0v) is 11.2. The van der Waals surface area contributed by atoms with Crippen molar-refractivity contribution in [2.45, 2.75) is 0 Å². The normalized spacial score (nSPS) is 10.0. The number of urea groups is 1. The molecule has 2 rings (SSSR count). The molecule has 21 heavy (non-hydrogen) atoms. The quantitative estimate of drug-likeness (QED) is 0.812. The van der Waals surface area contributed by atoms with E-state index >= 15 is 0 Å². The fraction of sp³-hybridized carbons (Fsp3) is 0. The highest BCUT2D eigenvalue weighted by Crippen LogP contribution is 2.18. The molecule has 2 aromatic rings. The van der Waals surface area contributed by atoms with Crippen LogP contribution in [0.5, 0.6) is 0 Å². The van der Waals surface area contributed by atoms with Crippen molar-refractivity contribution >= 4 is 35.0 Å². The van der Waals surface area contributed by atoms with Crippen molar-refractivity contribution < 1.29 is 19.1 Å². The van der Waals surface area contributed by atoms with E-state index < -0.39 is 17.8 Å². The lowest BCUT2D eigenvalue weighted by atomic mass is 10.3. The fourth-order valence-electron chi connectivity index (χ4n) is 1.46. The number of hydrogen-bond donors (Lipinski definition) is 3. The molecular weight excluding hydrogens is 301 g/mol. The molecule has 1 heterocycles. The van der Waals surface area contributed by atoms with Crippen molar-refractivity contribution in [2.24, 2.45) is 0 Å². The van der Waals surface area contributed by atoms with Crippen molar-refractivity contribution in [3.8, 4) is 0 Å². The Kier molecular flexibility index (Phi) is 4.34. The minimum absolute atomic E-state index is 0.0468. The number of halogens is 2. The second kappa shape index (κ2) is 6.19. The van der Waals surface area contributed by atoms with Gasteiger partial charge in [0.15, 0.2) is 0 Å². The molecular formula is C13H9ClFN3O3. The van der Waals surface area contributed by atoms with Gasteiger partial charge < -0.3 is 15.7 Å². The number of carboxylic acid groups (broad SMARTS) is 1. The summed E-state index contributed by atoms with van der Waals surface area (Å²) in [4.78, 5) is 25.9. The third-order valence-electron chi connectivity index (χ3n) is 2.42. The molecule has 0 aliphatic carbocycles. The molecule has 1 aromatic carbocycles. The van der Waals surface area contributed by atoms with Gasteiger partial charge in [-0.3, -0.25) is 0 Å². The highest BCUT2D eigenvalue weighted by molar-refractivity contribution is 6.30. The van der Waals surface area contributed by atoms with Gasteiger partial charge in [0.25, 0.3) is 0 Å². The number of nitrogens with zero attached hydrogens (tertiary/aromatic N) is 1. The van der Waals surface area contributed by atoms with Crippen LogP contribution in [0.25, 0.3) is 0 Å². The highest BCUT2D eigenvalue weighted by atomic mass is 35.5. The summed E-state index contributed by atoms with van der Waals surface area (Å²) in [5.41, 5.74) is 0.386. The van der Waals surface area contributed by atoms with E-state index in [9.17, 15) is 14.0 Å². The standard InChI is InChI=1S/C13H9ClFN3O3/c14-9-3-1-7(5-10(9)15)17-13(21)18-8-2-4-11(12(19)20)16-6-8/h1-6H,(H,19,20)(H2,17,18,21). The van der Waals surface area contributed by atoms with Crippen molar-refractivity contribution in [3.63, 3.8) is 0 Å². The molecule has 0 aliphatic rings. The first kappa shape index (κ1) is 14.7. The zero-order valence-electron chi connectivity index (χ0n) is 10.4. The van der Waals surface area contributed by atoms with Crippen molar-refractivity contribution in [3.05, 3.63) is 53.1 Å². The number of carboxylic acids is 1. The van der Waals surface area contributed by atoms with Crippen molar-refractivity contribution in [1.82, 2.24) is 4.98 Å². The van der Waals surface area contributed by atoms with E-state index in [1.807, 2.05) is 0 Å². The van der Waals surface area contributed by atoms with Gasteiger partial charge in [0, 0.05) is 5.69 Å². The van der Waals surface area contributed by atoms with Crippen LogP contribution in [0.4, 0.5) is 20.6 Å². The second-order valence-corrected chi connectivity index (χ2v) is 4.35. The van der Waals surface area contributed by atoms with Gasteiger partial charge in [-0.1, -0.05) is 11.6 Å². The first-order valence-electron chi connectivity index (χ1n) is 5.68. The van der Waals surface area contributed by atoms with Crippen LogP contribution in [0.15, 0.2) is 36.5 Å². The molecule has 0 spiro atoms. The third kappa shape index (κ3) is 3.90. The number of hydrogen-bond acceptors (Lipinski definition) is 3. The van der Waals surface area contributed by atoms with Gasteiger partial charge in [-0.15, -0.1) is 0 Å². The number of benzene rings is 1. The first-order chi connectivity index (χ1) is 9.95. The summed E-state index contributed by atoms with van der Waals surface area (Å²) in [5, 5.41) is 13.5. The highest BCUT2D eigenvalue weighted by Gasteiger charge is 2.07. The van der Waals surface area contributed by atoms with Crippen LogP contribution in [-0.2, 0) is 0 Å². The fourth-order valence-corrected chi connectivity index (χ4v) is 1.58. The maximum Gasteiger partial charge on any atom is 0.354 e. The summed E-state index contributed by atoms with van der Waals surface area (Å²) in [6, 6.07) is 5.85. The molecule has 0 atom stereocenters. The average molecular weight is 310 g/mol. The lowest BCUT2D eigenvalue weighted by Crippen LogP contribution is -2.19. The number of carbonyl (C=O) groups excluding carboxylic acids is 1. The molecule has 0 bridgehead atoms. The largest absolute Gasteiger partial charge is 0.477 e. The van der Waals surface area contributed by atoms with Crippen LogP contribution in [0.3, 0.4) is 0 Å². The van der Waals surface area contributed by atoms with E-state index in [1.165, 1.54) is 30.5 Å². The Bertz CT molecular complexity index is 692. The SMILES string of the molecule is O=C(Nc1ccc(C(=O)O)nc1)Nc1ccc(Cl)c(F)c1. The van der Waals surface area contributed by atoms with E-state index in [4.69, 9.17) is 16.7 Å². The predicted octanol–water partition coefficient (Wildman–Crippen LogP) is 3.22. The first-order valence-corrected chi connectivity index (χ1v) is 6.06. The molecule has 0 radical (unpaired) electrons. The molecule has 8 heteroatoms. The van der Waals surface area contributed by atoms with Gasteiger partial charge in [0.05, 0.1) is 16.9 Å².